The zero-order valence-electron chi connectivity index (χ0n) is 15.4. The normalized spacial score (nSPS) is 21.7. The van der Waals surface area contributed by atoms with Crippen LogP contribution in [0.25, 0.3) is 0 Å². The SMILES string of the molecule is C[C@@H]1CN(Cc2ccccc2)C[C@H](C)N1Cc1ccc(C(N)=O)c(F)c1. The van der Waals surface area contributed by atoms with E-state index in [4.69, 9.17) is 5.73 Å². The molecule has 26 heavy (non-hydrogen) atoms. The zero-order valence-corrected chi connectivity index (χ0v) is 15.4. The van der Waals surface area contributed by atoms with Crippen LogP contribution >= 0.6 is 0 Å². The molecule has 138 valence electrons. The van der Waals surface area contributed by atoms with Crippen LogP contribution in [0.5, 0.6) is 0 Å². The van der Waals surface area contributed by atoms with Gasteiger partial charge in [0.2, 0.25) is 0 Å². The largest absolute Gasteiger partial charge is 0.366 e. The van der Waals surface area contributed by atoms with Gasteiger partial charge in [0.15, 0.2) is 0 Å². The Balaban J connectivity index is 1.65. The number of carbonyl (C=O) groups is 1. The monoisotopic (exact) mass is 355 g/mol. The molecule has 0 bridgehead atoms. The van der Waals surface area contributed by atoms with E-state index in [1.54, 1.807) is 6.07 Å². The summed E-state index contributed by atoms with van der Waals surface area (Å²) in [5.74, 6) is -1.27. The lowest BCUT2D eigenvalue weighted by molar-refractivity contribution is 0.0289. The number of hydrogen-bond acceptors (Lipinski definition) is 3. The van der Waals surface area contributed by atoms with E-state index in [1.807, 2.05) is 6.07 Å². The first-order valence-corrected chi connectivity index (χ1v) is 9.04. The summed E-state index contributed by atoms with van der Waals surface area (Å²) in [6, 6.07) is 15.9. The van der Waals surface area contributed by atoms with Gasteiger partial charge < -0.3 is 5.73 Å². The lowest BCUT2D eigenvalue weighted by Crippen LogP contribution is -2.55. The Kier molecular flexibility index (Phi) is 5.69. The number of piperazine rings is 1. The first-order chi connectivity index (χ1) is 12.4. The third-order valence-electron chi connectivity index (χ3n) is 5.09. The zero-order chi connectivity index (χ0) is 18.7. The third kappa shape index (κ3) is 4.29. The molecule has 5 heteroatoms. The van der Waals surface area contributed by atoms with E-state index in [-0.39, 0.29) is 5.56 Å². The van der Waals surface area contributed by atoms with Gasteiger partial charge in [-0.05, 0) is 37.1 Å². The molecule has 2 atom stereocenters. The molecule has 0 radical (unpaired) electrons. The number of benzene rings is 2. The number of primary amides is 1. The summed E-state index contributed by atoms with van der Waals surface area (Å²) in [7, 11) is 0. The highest BCUT2D eigenvalue weighted by Crippen LogP contribution is 2.21. The van der Waals surface area contributed by atoms with E-state index in [1.165, 1.54) is 17.7 Å². The van der Waals surface area contributed by atoms with E-state index in [2.05, 4.69) is 47.9 Å². The molecule has 1 fully saturated rings. The summed E-state index contributed by atoms with van der Waals surface area (Å²) in [6.07, 6.45) is 0. The van der Waals surface area contributed by atoms with Gasteiger partial charge in [0.05, 0.1) is 5.56 Å². The molecule has 0 aliphatic carbocycles. The molecule has 0 unspecified atom stereocenters. The van der Waals surface area contributed by atoms with Crippen molar-refractivity contribution in [2.45, 2.75) is 39.0 Å². The highest BCUT2D eigenvalue weighted by molar-refractivity contribution is 5.93. The molecule has 0 saturated carbocycles. The smallest absolute Gasteiger partial charge is 0.251 e. The van der Waals surface area contributed by atoms with Crippen LogP contribution in [-0.2, 0) is 13.1 Å². The quantitative estimate of drug-likeness (QED) is 0.897. The van der Waals surface area contributed by atoms with Crippen LogP contribution in [0.4, 0.5) is 4.39 Å². The van der Waals surface area contributed by atoms with E-state index in [9.17, 15) is 9.18 Å². The molecular weight excluding hydrogens is 329 g/mol. The van der Waals surface area contributed by atoms with E-state index in [0.29, 0.717) is 18.6 Å². The second-order valence-electron chi connectivity index (χ2n) is 7.23. The standard InChI is InChI=1S/C21H26FN3O/c1-15-11-24(13-17-6-4-3-5-7-17)12-16(2)25(15)14-18-8-9-19(21(23)26)20(22)10-18/h3-10,15-16H,11-14H2,1-2H3,(H2,23,26)/t15-,16+. The highest BCUT2D eigenvalue weighted by Gasteiger charge is 2.29. The van der Waals surface area contributed by atoms with Crippen molar-refractivity contribution in [2.75, 3.05) is 13.1 Å². The minimum atomic E-state index is -0.731. The maximum Gasteiger partial charge on any atom is 0.251 e. The summed E-state index contributed by atoms with van der Waals surface area (Å²) in [4.78, 5) is 16.0. The Bertz CT molecular complexity index is 753. The van der Waals surface area contributed by atoms with Crippen molar-refractivity contribution in [1.29, 1.82) is 0 Å². The summed E-state index contributed by atoms with van der Waals surface area (Å²) in [5, 5.41) is 0. The molecule has 2 aromatic carbocycles. The van der Waals surface area contributed by atoms with Crippen molar-refractivity contribution in [3.05, 3.63) is 71.0 Å². The summed E-state index contributed by atoms with van der Waals surface area (Å²) in [5.41, 5.74) is 7.31. The minimum Gasteiger partial charge on any atom is -0.366 e. The Morgan fingerprint density at radius 1 is 1.04 bits per heavy atom. The molecule has 3 rings (SSSR count). The lowest BCUT2D eigenvalue weighted by atomic mass is 10.0. The van der Waals surface area contributed by atoms with E-state index < -0.39 is 11.7 Å². The summed E-state index contributed by atoms with van der Waals surface area (Å²) in [6.45, 7) is 7.98. The van der Waals surface area contributed by atoms with Gasteiger partial charge in [-0.25, -0.2) is 4.39 Å². The fraction of sp³-hybridized carbons (Fsp3) is 0.381. The van der Waals surface area contributed by atoms with Crippen molar-refractivity contribution < 1.29 is 9.18 Å². The summed E-state index contributed by atoms with van der Waals surface area (Å²) < 4.78 is 14.0. The average Bonchev–Trinajstić information content (AvgIpc) is 2.59. The molecule has 1 saturated heterocycles. The maximum absolute atomic E-state index is 14.0. The van der Waals surface area contributed by atoms with E-state index in [0.717, 1.165) is 25.2 Å². The number of hydrogen-bond donors (Lipinski definition) is 1. The van der Waals surface area contributed by atoms with Crippen molar-refractivity contribution >= 4 is 5.91 Å². The van der Waals surface area contributed by atoms with Crippen LogP contribution in [0.2, 0.25) is 0 Å². The molecule has 1 aliphatic rings. The van der Waals surface area contributed by atoms with Crippen LogP contribution in [0, 0.1) is 5.82 Å². The molecule has 0 spiro atoms. The molecule has 2 N–H and O–H groups in total. The van der Waals surface area contributed by atoms with Crippen molar-refractivity contribution in [2.24, 2.45) is 5.73 Å². The van der Waals surface area contributed by atoms with E-state index >= 15 is 0 Å². The molecule has 1 aliphatic heterocycles. The van der Waals surface area contributed by atoms with Crippen LogP contribution in [0.1, 0.15) is 35.3 Å². The fourth-order valence-corrected chi connectivity index (χ4v) is 3.82. The first kappa shape index (κ1) is 18.5. The van der Waals surface area contributed by atoms with Gasteiger partial charge in [-0.3, -0.25) is 14.6 Å². The minimum absolute atomic E-state index is 0.0532. The number of rotatable bonds is 5. The van der Waals surface area contributed by atoms with Crippen LogP contribution in [0.15, 0.2) is 48.5 Å². The second-order valence-corrected chi connectivity index (χ2v) is 7.23. The van der Waals surface area contributed by atoms with Crippen molar-refractivity contribution in [3.63, 3.8) is 0 Å². The van der Waals surface area contributed by atoms with Crippen molar-refractivity contribution in [3.8, 4) is 0 Å². The maximum atomic E-state index is 14.0. The second kappa shape index (κ2) is 7.98. The van der Waals surface area contributed by atoms with Gasteiger partial charge in [0.1, 0.15) is 5.82 Å². The van der Waals surface area contributed by atoms with Crippen molar-refractivity contribution in [1.82, 2.24) is 9.80 Å². The Morgan fingerprint density at radius 2 is 1.69 bits per heavy atom. The number of halogens is 1. The molecule has 1 amide bonds. The highest BCUT2D eigenvalue weighted by atomic mass is 19.1. The van der Waals surface area contributed by atoms with Gasteiger partial charge in [0.25, 0.3) is 5.91 Å². The number of amides is 1. The predicted molar refractivity (Wildman–Crippen MR) is 101 cm³/mol. The van der Waals surface area contributed by atoms with Crippen LogP contribution in [-0.4, -0.2) is 40.9 Å². The van der Waals surface area contributed by atoms with Gasteiger partial charge in [0, 0.05) is 38.3 Å². The first-order valence-electron chi connectivity index (χ1n) is 9.04. The predicted octanol–water partition coefficient (Wildman–Crippen LogP) is 3.02. The molecule has 4 nitrogen and oxygen atoms in total. The Labute approximate surface area is 154 Å². The molecular formula is C21H26FN3O. The number of carbonyl (C=O) groups excluding carboxylic acids is 1. The lowest BCUT2D eigenvalue weighted by Gasteiger charge is -2.44. The van der Waals surface area contributed by atoms with Crippen LogP contribution in [0.3, 0.4) is 0 Å². The Hall–Kier alpha value is -2.24. The molecule has 2 aromatic rings. The fourth-order valence-electron chi connectivity index (χ4n) is 3.82. The van der Waals surface area contributed by atoms with Gasteiger partial charge in [-0.15, -0.1) is 0 Å². The molecule has 0 aromatic heterocycles. The third-order valence-corrected chi connectivity index (χ3v) is 5.09. The summed E-state index contributed by atoms with van der Waals surface area (Å²) >= 11 is 0. The van der Waals surface area contributed by atoms with Gasteiger partial charge >= 0.3 is 0 Å². The number of nitrogens with zero attached hydrogens (tertiary/aromatic N) is 2. The average molecular weight is 355 g/mol. The topological polar surface area (TPSA) is 49.6 Å². The molecule has 1 heterocycles. The van der Waals surface area contributed by atoms with Crippen LogP contribution < -0.4 is 5.73 Å². The van der Waals surface area contributed by atoms with Gasteiger partial charge in [-0.1, -0.05) is 36.4 Å². The van der Waals surface area contributed by atoms with Gasteiger partial charge in [-0.2, -0.15) is 0 Å². The number of nitrogens with two attached hydrogens (primary N) is 1. The Morgan fingerprint density at radius 3 is 2.27 bits per heavy atom.